The maximum absolute atomic E-state index is 11.7. The summed E-state index contributed by atoms with van der Waals surface area (Å²) in [6, 6.07) is -0.0218. The zero-order valence-electron chi connectivity index (χ0n) is 8.45. The molecule has 0 aromatic carbocycles. The summed E-state index contributed by atoms with van der Waals surface area (Å²) in [4.78, 5) is 24.7. The molecule has 0 radical (unpaired) electrons. The topological polar surface area (TPSA) is 49.4 Å². The van der Waals surface area contributed by atoms with Crippen LogP contribution in [0.3, 0.4) is 0 Å². The van der Waals surface area contributed by atoms with Gasteiger partial charge < -0.3 is 5.32 Å². The highest BCUT2D eigenvalue weighted by molar-refractivity contribution is 6.06. The van der Waals surface area contributed by atoms with Crippen molar-refractivity contribution in [3.8, 4) is 0 Å². The molecule has 4 nitrogen and oxygen atoms in total. The predicted octanol–water partition coefficient (Wildman–Crippen LogP) is 0.276. The molecule has 1 heterocycles. The first-order valence-electron chi connectivity index (χ1n) is 5.33. The molecule has 2 amide bonds. The van der Waals surface area contributed by atoms with Gasteiger partial charge >= 0.3 is 0 Å². The normalized spacial score (nSPS) is 27.5. The van der Waals surface area contributed by atoms with E-state index in [0.717, 1.165) is 25.8 Å². The van der Waals surface area contributed by atoms with Crippen molar-refractivity contribution in [1.82, 2.24) is 10.2 Å². The van der Waals surface area contributed by atoms with Gasteiger partial charge in [-0.25, -0.2) is 0 Å². The summed E-state index contributed by atoms with van der Waals surface area (Å²) in [6.45, 7) is 2.86. The molecule has 1 N–H and O–H groups in total. The summed E-state index contributed by atoms with van der Waals surface area (Å²) >= 11 is 0. The van der Waals surface area contributed by atoms with Crippen molar-refractivity contribution < 1.29 is 9.59 Å². The number of carbonyl (C=O) groups excluding carboxylic acids is 2. The van der Waals surface area contributed by atoms with Crippen LogP contribution in [0.15, 0.2) is 0 Å². The average molecular weight is 196 g/mol. The van der Waals surface area contributed by atoms with Gasteiger partial charge in [0.1, 0.15) is 0 Å². The maximum Gasteiger partial charge on any atom is 0.247 e. The van der Waals surface area contributed by atoms with Gasteiger partial charge in [0.2, 0.25) is 11.8 Å². The first-order valence-corrected chi connectivity index (χ1v) is 5.33. The molecule has 1 unspecified atom stereocenters. The highest BCUT2D eigenvalue weighted by atomic mass is 16.2. The number of hydrogen-bond acceptors (Lipinski definition) is 3. The Morgan fingerprint density at radius 2 is 2.14 bits per heavy atom. The molecule has 14 heavy (non-hydrogen) atoms. The number of amides is 2. The minimum absolute atomic E-state index is 0.00565. The van der Waals surface area contributed by atoms with Crippen LogP contribution in [0.4, 0.5) is 0 Å². The van der Waals surface area contributed by atoms with Gasteiger partial charge in [0.25, 0.3) is 0 Å². The lowest BCUT2D eigenvalue weighted by Gasteiger charge is -2.13. The standard InChI is InChI=1S/C10H16N2O2/c1-2-5-11-8-6-9(13)12(10(8)14)7-3-4-7/h7-8,11H,2-6H2,1H3. The second-order valence-corrected chi connectivity index (χ2v) is 4.04. The molecule has 0 spiro atoms. The minimum atomic E-state index is -0.247. The van der Waals surface area contributed by atoms with Crippen LogP contribution in [-0.2, 0) is 9.59 Å². The van der Waals surface area contributed by atoms with Gasteiger partial charge in [-0.3, -0.25) is 14.5 Å². The van der Waals surface area contributed by atoms with Crippen LogP contribution in [0.5, 0.6) is 0 Å². The Labute approximate surface area is 83.6 Å². The number of rotatable bonds is 4. The molecule has 4 heteroatoms. The monoisotopic (exact) mass is 196 g/mol. The molecular weight excluding hydrogens is 180 g/mol. The van der Waals surface area contributed by atoms with E-state index in [2.05, 4.69) is 5.32 Å². The van der Waals surface area contributed by atoms with Gasteiger partial charge in [-0.15, -0.1) is 0 Å². The fourth-order valence-electron chi connectivity index (χ4n) is 1.85. The van der Waals surface area contributed by atoms with Crippen LogP contribution in [-0.4, -0.2) is 35.3 Å². The Balaban J connectivity index is 1.96. The highest BCUT2D eigenvalue weighted by Crippen LogP contribution is 2.31. The van der Waals surface area contributed by atoms with Gasteiger partial charge in [-0.05, 0) is 25.8 Å². The molecule has 1 saturated carbocycles. The highest BCUT2D eigenvalue weighted by Gasteiger charge is 2.45. The molecule has 0 aromatic heterocycles. The quantitative estimate of drug-likeness (QED) is 0.657. The number of likely N-dealkylation sites (tertiary alicyclic amines) is 1. The minimum Gasteiger partial charge on any atom is -0.305 e. The van der Waals surface area contributed by atoms with Crippen LogP contribution in [0.1, 0.15) is 32.6 Å². The summed E-state index contributed by atoms with van der Waals surface area (Å²) < 4.78 is 0. The number of nitrogens with one attached hydrogen (secondary N) is 1. The third-order valence-electron chi connectivity index (χ3n) is 2.74. The SMILES string of the molecule is CCCNC1CC(=O)N(C2CC2)C1=O. The molecule has 2 fully saturated rings. The van der Waals surface area contributed by atoms with E-state index in [4.69, 9.17) is 0 Å². The van der Waals surface area contributed by atoms with Crippen molar-refractivity contribution in [2.45, 2.75) is 44.7 Å². The summed E-state index contributed by atoms with van der Waals surface area (Å²) in [5.41, 5.74) is 0. The van der Waals surface area contributed by atoms with E-state index in [1.807, 2.05) is 6.92 Å². The molecule has 0 aromatic rings. The van der Waals surface area contributed by atoms with E-state index >= 15 is 0 Å². The van der Waals surface area contributed by atoms with Gasteiger partial charge in [0.05, 0.1) is 12.5 Å². The maximum atomic E-state index is 11.7. The Morgan fingerprint density at radius 3 is 2.71 bits per heavy atom. The molecule has 78 valence electrons. The van der Waals surface area contributed by atoms with E-state index in [0.29, 0.717) is 6.42 Å². The van der Waals surface area contributed by atoms with Gasteiger partial charge in [0, 0.05) is 6.04 Å². The molecule has 1 atom stereocenters. The number of nitrogens with zero attached hydrogens (tertiary/aromatic N) is 1. The van der Waals surface area contributed by atoms with E-state index in [1.54, 1.807) is 0 Å². The van der Waals surface area contributed by atoms with Gasteiger partial charge in [0.15, 0.2) is 0 Å². The average Bonchev–Trinajstić information content (AvgIpc) is 2.92. The lowest BCUT2D eigenvalue weighted by Crippen LogP contribution is -2.39. The van der Waals surface area contributed by atoms with E-state index in [-0.39, 0.29) is 23.9 Å². The van der Waals surface area contributed by atoms with Crippen LogP contribution in [0, 0.1) is 0 Å². The molecule has 2 rings (SSSR count). The lowest BCUT2D eigenvalue weighted by atomic mass is 10.2. The number of carbonyl (C=O) groups is 2. The summed E-state index contributed by atoms with van der Waals surface area (Å²) in [6.07, 6.45) is 3.34. The van der Waals surface area contributed by atoms with E-state index in [9.17, 15) is 9.59 Å². The van der Waals surface area contributed by atoms with E-state index < -0.39 is 0 Å². The molecule has 0 bridgehead atoms. The summed E-state index contributed by atoms with van der Waals surface area (Å²) in [7, 11) is 0. The van der Waals surface area contributed by atoms with Crippen molar-refractivity contribution in [1.29, 1.82) is 0 Å². The van der Waals surface area contributed by atoms with Crippen LogP contribution < -0.4 is 5.32 Å². The zero-order valence-corrected chi connectivity index (χ0v) is 8.45. The van der Waals surface area contributed by atoms with E-state index in [1.165, 1.54) is 4.90 Å². The number of hydrogen-bond donors (Lipinski definition) is 1. The second-order valence-electron chi connectivity index (χ2n) is 4.04. The second kappa shape index (κ2) is 3.69. The number of imide groups is 1. The van der Waals surface area contributed by atoms with Gasteiger partial charge in [-0.1, -0.05) is 6.92 Å². The van der Waals surface area contributed by atoms with Crippen molar-refractivity contribution in [3.63, 3.8) is 0 Å². The van der Waals surface area contributed by atoms with Crippen molar-refractivity contribution >= 4 is 11.8 Å². The van der Waals surface area contributed by atoms with Crippen molar-refractivity contribution in [2.24, 2.45) is 0 Å². The van der Waals surface area contributed by atoms with Crippen LogP contribution in [0.25, 0.3) is 0 Å². The van der Waals surface area contributed by atoms with Crippen molar-refractivity contribution in [2.75, 3.05) is 6.54 Å². The summed E-state index contributed by atoms with van der Waals surface area (Å²) in [5.74, 6) is -0.00273. The predicted molar refractivity (Wildman–Crippen MR) is 51.6 cm³/mol. The third kappa shape index (κ3) is 1.66. The first kappa shape index (κ1) is 9.65. The summed E-state index contributed by atoms with van der Waals surface area (Å²) in [5, 5.41) is 3.11. The Bertz CT molecular complexity index is 261. The van der Waals surface area contributed by atoms with Crippen LogP contribution in [0.2, 0.25) is 0 Å². The molecular formula is C10H16N2O2. The third-order valence-corrected chi connectivity index (χ3v) is 2.74. The van der Waals surface area contributed by atoms with Gasteiger partial charge in [-0.2, -0.15) is 0 Å². The Hall–Kier alpha value is -0.900. The largest absolute Gasteiger partial charge is 0.305 e. The molecule has 1 aliphatic heterocycles. The smallest absolute Gasteiger partial charge is 0.247 e. The van der Waals surface area contributed by atoms with Crippen molar-refractivity contribution in [3.05, 3.63) is 0 Å². The first-order chi connectivity index (χ1) is 6.74. The zero-order chi connectivity index (χ0) is 10.1. The Kier molecular flexibility index (Phi) is 2.54. The lowest BCUT2D eigenvalue weighted by molar-refractivity contribution is -0.139. The van der Waals surface area contributed by atoms with Crippen LogP contribution >= 0.6 is 0 Å². The Morgan fingerprint density at radius 1 is 1.43 bits per heavy atom. The molecule has 2 aliphatic rings. The molecule has 1 saturated heterocycles. The fourth-order valence-corrected chi connectivity index (χ4v) is 1.85. The molecule has 1 aliphatic carbocycles. The fraction of sp³-hybridized carbons (Fsp3) is 0.800.